The molecule has 0 aromatic rings. The molecule has 0 saturated carbocycles. The van der Waals surface area contributed by atoms with Gasteiger partial charge in [-0.2, -0.15) is 0 Å². The monoisotopic (exact) mass is 277 g/mol. The van der Waals surface area contributed by atoms with E-state index in [0.29, 0.717) is 0 Å². The Morgan fingerprint density at radius 2 is 0.950 bits per heavy atom. The van der Waals surface area contributed by atoms with Gasteiger partial charge in [-0.1, -0.05) is 90.9 Å². The summed E-state index contributed by atoms with van der Waals surface area (Å²) in [5.41, 5.74) is 0. The summed E-state index contributed by atoms with van der Waals surface area (Å²) in [6, 6.07) is 0. The Morgan fingerprint density at radius 3 is 1.40 bits per heavy atom. The van der Waals surface area contributed by atoms with Crippen molar-refractivity contribution in [3.63, 3.8) is 0 Å². The van der Waals surface area contributed by atoms with E-state index in [1.807, 2.05) is 0 Å². The molecule has 0 fully saturated rings. The minimum atomic E-state index is 0.950. The van der Waals surface area contributed by atoms with Gasteiger partial charge in [0, 0.05) is 12.8 Å². The van der Waals surface area contributed by atoms with Gasteiger partial charge in [0.05, 0.1) is 0 Å². The van der Waals surface area contributed by atoms with Gasteiger partial charge in [0.25, 0.3) is 0 Å². The maximum atomic E-state index is 3.79. The Morgan fingerprint density at radius 1 is 0.550 bits per heavy atom. The normalized spacial score (nSPS) is 10.3. The van der Waals surface area contributed by atoms with E-state index >= 15 is 0 Å². The molecule has 0 amide bonds. The fourth-order valence-electron chi connectivity index (χ4n) is 2.50. The summed E-state index contributed by atoms with van der Waals surface area (Å²) < 4.78 is 0. The molecular formula is C20H37. The highest BCUT2D eigenvalue weighted by Gasteiger charge is 1.93. The molecule has 117 valence electrons. The van der Waals surface area contributed by atoms with Crippen molar-refractivity contribution in [3.8, 4) is 11.8 Å². The summed E-state index contributed by atoms with van der Waals surface area (Å²) in [4.78, 5) is 0. The van der Waals surface area contributed by atoms with Gasteiger partial charge < -0.3 is 0 Å². The second kappa shape index (κ2) is 18.6. The van der Waals surface area contributed by atoms with Gasteiger partial charge in [0.1, 0.15) is 0 Å². The van der Waals surface area contributed by atoms with Crippen molar-refractivity contribution in [2.75, 3.05) is 0 Å². The second-order valence-electron chi connectivity index (χ2n) is 5.95. The lowest BCUT2D eigenvalue weighted by Crippen LogP contribution is -1.82. The van der Waals surface area contributed by atoms with Gasteiger partial charge >= 0.3 is 0 Å². The quantitative estimate of drug-likeness (QED) is 0.235. The fourth-order valence-corrected chi connectivity index (χ4v) is 2.50. The van der Waals surface area contributed by atoms with E-state index in [-0.39, 0.29) is 0 Å². The van der Waals surface area contributed by atoms with Crippen LogP contribution in [0.1, 0.15) is 110 Å². The molecule has 0 unspecified atom stereocenters. The molecule has 0 bridgehead atoms. The molecule has 1 radical (unpaired) electrons. The summed E-state index contributed by atoms with van der Waals surface area (Å²) >= 11 is 0. The highest BCUT2D eigenvalue weighted by atomic mass is 14.0. The first-order valence-corrected chi connectivity index (χ1v) is 9.16. The van der Waals surface area contributed by atoms with Gasteiger partial charge in [-0.3, -0.25) is 0 Å². The molecule has 0 aliphatic rings. The van der Waals surface area contributed by atoms with Crippen molar-refractivity contribution in [2.24, 2.45) is 0 Å². The summed E-state index contributed by atoms with van der Waals surface area (Å²) in [5, 5.41) is 0. The lowest BCUT2D eigenvalue weighted by molar-refractivity contribution is 0.540. The van der Waals surface area contributed by atoms with Crippen molar-refractivity contribution < 1.29 is 0 Å². The summed E-state index contributed by atoms with van der Waals surface area (Å²) in [6.45, 7) is 6.08. The third-order valence-corrected chi connectivity index (χ3v) is 3.83. The predicted octanol–water partition coefficient (Wildman–Crippen LogP) is 7.09. The highest BCUT2D eigenvalue weighted by Crippen LogP contribution is 2.12. The van der Waals surface area contributed by atoms with Gasteiger partial charge in [0.2, 0.25) is 0 Å². The van der Waals surface area contributed by atoms with Crippen LogP contribution >= 0.6 is 0 Å². The van der Waals surface area contributed by atoms with Crippen LogP contribution in [-0.4, -0.2) is 0 Å². The number of hydrogen-bond donors (Lipinski definition) is 0. The number of rotatable bonds is 14. The van der Waals surface area contributed by atoms with Crippen LogP contribution in [0.15, 0.2) is 0 Å². The van der Waals surface area contributed by atoms with E-state index in [1.165, 1.54) is 83.5 Å². The zero-order valence-corrected chi connectivity index (χ0v) is 14.0. The molecule has 0 heterocycles. The molecule has 0 rings (SSSR count). The van der Waals surface area contributed by atoms with E-state index < -0.39 is 0 Å². The van der Waals surface area contributed by atoms with E-state index in [0.717, 1.165) is 19.3 Å². The molecule has 0 aromatic heterocycles. The molecule has 0 aliphatic heterocycles. The molecule has 0 aliphatic carbocycles. The van der Waals surface area contributed by atoms with Crippen LogP contribution in [0.25, 0.3) is 0 Å². The Hall–Kier alpha value is -0.440. The maximum absolute atomic E-state index is 3.79. The standard InChI is InChI=1S/C20H37/c1-3-5-7-9-11-13-15-17-19-20-18-16-14-12-10-8-6-4-2/h1,3-6,8,10-20H2,2H3. The first-order chi connectivity index (χ1) is 9.91. The van der Waals surface area contributed by atoms with Gasteiger partial charge in [-0.25, -0.2) is 0 Å². The minimum Gasteiger partial charge on any atom is -0.103 e. The largest absolute Gasteiger partial charge is 0.103 e. The average molecular weight is 278 g/mol. The molecular weight excluding hydrogens is 240 g/mol. The molecule has 0 aromatic carbocycles. The van der Waals surface area contributed by atoms with Crippen LogP contribution in [0.4, 0.5) is 0 Å². The van der Waals surface area contributed by atoms with Gasteiger partial charge in [0.15, 0.2) is 0 Å². The third kappa shape index (κ3) is 17.6. The lowest BCUT2D eigenvalue weighted by Gasteiger charge is -2.02. The molecule has 0 atom stereocenters. The Balaban J connectivity index is 2.98. The highest BCUT2D eigenvalue weighted by molar-refractivity contribution is 4.98. The summed E-state index contributed by atoms with van der Waals surface area (Å²) in [7, 11) is 0. The second-order valence-corrected chi connectivity index (χ2v) is 5.95. The van der Waals surface area contributed by atoms with Crippen LogP contribution in [-0.2, 0) is 0 Å². The molecule has 0 nitrogen and oxygen atoms in total. The topological polar surface area (TPSA) is 0 Å². The van der Waals surface area contributed by atoms with Crippen molar-refractivity contribution in [1.29, 1.82) is 0 Å². The van der Waals surface area contributed by atoms with E-state index in [4.69, 9.17) is 0 Å². The van der Waals surface area contributed by atoms with E-state index in [1.54, 1.807) is 0 Å². The van der Waals surface area contributed by atoms with Crippen LogP contribution in [0, 0.1) is 18.8 Å². The first kappa shape index (κ1) is 19.6. The molecule has 0 saturated heterocycles. The van der Waals surface area contributed by atoms with Crippen molar-refractivity contribution in [2.45, 2.75) is 110 Å². The van der Waals surface area contributed by atoms with Crippen molar-refractivity contribution in [3.05, 3.63) is 6.92 Å². The first-order valence-electron chi connectivity index (χ1n) is 9.16. The van der Waals surface area contributed by atoms with Crippen molar-refractivity contribution in [1.82, 2.24) is 0 Å². The van der Waals surface area contributed by atoms with E-state index in [2.05, 4.69) is 25.7 Å². The predicted molar refractivity (Wildman–Crippen MR) is 92.7 cm³/mol. The fraction of sp³-hybridized carbons (Fsp3) is 0.850. The van der Waals surface area contributed by atoms with Gasteiger partial charge in [-0.15, -0.1) is 11.8 Å². The molecule has 0 heteroatoms. The lowest BCUT2D eigenvalue weighted by atomic mass is 10.0. The van der Waals surface area contributed by atoms with Gasteiger partial charge in [-0.05, 0) is 12.8 Å². The Labute approximate surface area is 129 Å². The van der Waals surface area contributed by atoms with Crippen LogP contribution in [0.3, 0.4) is 0 Å². The third-order valence-electron chi connectivity index (χ3n) is 3.83. The van der Waals surface area contributed by atoms with Crippen molar-refractivity contribution >= 4 is 0 Å². The zero-order valence-electron chi connectivity index (χ0n) is 14.0. The summed E-state index contributed by atoms with van der Waals surface area (Å²) in [5.74, 6) is 6.40. The van der Waals surface area contributed by atoms with Crippen LogP contribution < -0.4 is 0 Å². The SMILES string of the molecule is [CH2]CCC#CCCCCCCCCCCCCCCC. The summed E-state index contributed by atoms with van der Waals surface area (Å²) in [6.07, 6.45) is 21.5. The van der Waals surface area contributed by atoms with E-state index in [9.17, 15) is 0 Å². The smallest absolute Gasteiger partial charge is 0.00886 e. The number of hydrogen-bond acceptors (Lipinski definition) is 0. The molecule has 20 heavy (non-hydrogen) atoms. The Bertz CT molecular complexity index is 218. The Kier molecular flexibility index (Phi) is 18.2. The van der Waals surface area contributed by atoms with Crippen LogP contribution in [0.2, 0.25) is 0 Å². The average Bonchev–Trinajstić information content (AvgIpc) is 2.47. The zero-order chi connectivity index (χ0) is 14.7. The van der Waals surface area contributed by atoms with Crippen LogP contribution in [0.5, 0.6) is 0 Å². The number of unbranched alkanes of at least 4 members (excludes halogenated alkanes) is 14. The maximum Gasteiger partial charge on any atom is 0.00886 e. The minimum absolute atomic E-state index is 0.950. The molecule has 0 spiro atoms. The molecule has 0 N–H and O–H groups in total.